The molecular weight excluding hydrogens is 370 g/mol. The molecule has 1 aliphatic rings. The lowest BCUT2D eigenvalue weighted by Gasteiger charge is -2.07. The molecule has 0 aromatic heterocycles. The summed E-state index contributed by atoms with van der Waals surface area (Å²) in [7, 11) is 0. The molecule has 10 heteroatoms. The van der Waals surface area contributed by atoms with Crippen LogP contribution in [0.25, 0.3) is 0 Å². The highest BCUT2D eigenvalue weighted by Crippen LogP contribution is 2.14. The first kappa shape index (κ1) is 19.0. The van der Waals surface area contributed by atoms with E-state index < -0.39 is 29.5 Å². The number of nitrogens with two attached hydrogens (primary N) is 1. The quantitative estimate of drug-likeness (QED) is 0.471. The number of nitrogens with one attached hydrogen (secondary N) is 3. The Morgan fingerprint density at radius 2 is 1.86 bits per heavy atom. The van der Waals surface area contributed by atoms with Gasteiger partial charge in [0.05, 0.1) is 6.42 Å². The van der Waals surface area contributed by atoms with Crippen molar-refractivity contribution in [2.75, 3.05) is 10.6 Å². The van der Waals surface area contributed by atoms with Crippen molar-refractivity contribution >= 4 is 35.1 Å². The first-order valence-corrected chi connectivity index (χ1v) is 8.20. The zero-order chi connectivity index (χ0) is 20.1. The number of nitrogens with zero attached hydrogens (tertiary/aromatic N) is 2. The van der Waals surface area contributed by atoms with Crippen molar-refractivity contribution in [3.8, 4) is 0 Å². The van der Waals surface area contributed by atoms with Crippen LogP contribution in [0.15, 0.2) is 58.5 Å². The second kappa shape index (κ2) is 8.25. The fraction of sp³-hybridized carbons (Fsp3) is 0.111. The largest absolute Gasteiger partial charge is 0.369 e. The van der Waals surface area contributed by atoms with Crippen LogP contribution in [-0.2, 0) is 9.59 Å². The summed E-state index contributed by atoms with van der Waals surface area (Å²) in [5.41, 5.74) is 6.54. The van der Waals surface area contributed by atoms with E-state index in [1.165, 1.54) is 6.07 Å². The number of para-hydroxylation sites is 1. The van der Waals surface area contributed by atoms with E-state index in [1.807, 2.05) is 18.2 Å². The smallest absolute Gasteiger partial charge is 0.252 e. The Hall–Kier alpha value is -3.82. The SMILES string of the molecule is NC(=NC1=N[C@H](CC(=O)Nc2ccc(F)c(F)c2)C(=O)N1)Nc1ccccc1. The van der Waals surface area contributed by atoms with Crippen LogP contribution in [0.1, 0.15) is 6.42 Å². The van der Waals surface area contributed by atoms with E-state index in [0.29, 0.717) is 5.69 Å². The van der Waals surface area contributed by atoms with E-state index in [4.69, 9.17) is 5.73 Å². The molecule has 3 rings (SSSR count). The molecule has 0 spiro atoms. The highest BCUT2D eigenvalue weighted by Gasteiger charge is 2.28. The van der Waals surface area contributed by atoms with Crippen molar-refractivity contribution in [2.45, 2.75) is 12.5 Å². The van der Waals surface area contributed by atoms with Crippen molar-refractivity contribution in [1.82, 2.24) is 5.32 Å². The molecule has 1 heterocycles. The van der Waals surface area contributed by atoms with E-state index in [-0.39, 0.29) is 24.0 Å². The van der Waals surface area contributed by atoms with Gasteiger partial charge >= 0.3 is 0 Å². The predicted molar refractivity (Wildman–Crippen MR) is 101 cm³/mol. The Morgan fingerprint density at radius 3 is 2.57 bits per heavy atom. The van der Waals surface area contributed by atoms with Gasteiger partial charge in [0.15, 0.2) is 11.6 Å². The molecule has 5 N–H and O–H groups in total. The molecule has 2 aromatic carbocycles. The van der Waals surface area contributed by atoms with Crippen LogP contribution in [0.5, 0.6) is 0 Å². The molecule has 0 bridgehead atoms. The van der Waals surface area contributed by atoms with Crippen LogP contribution in [0, 0.1) is 11.6 Å². The Kier molecular flexibility index (Phi) is 5.58. The third-order valence-corrected chi connectivity index (χ3v) is 3.67. The minimum absolute atomic E-state index is 0.0112. The van der Waals surface area contributed by atoms with Crippen LogP contribution in [-0.4, -0.2) is 29.8 Å². The summed E-state index contributed by atoms with van der Waals surface area (Å²) in [5, 5.41) is 7.63. The Labute approximate surface area is 158 Å². The number of aliphatic imine (C=N–C) groups is 2. The molecule has 1 atom stereocenters. The lowest BCUT2D eigenvalue weighted by molar-refractivity contribution is -0.123. The van der Waals surface area contributed by atoms with Gasteiger partial charge in [0, 0.05) is 17.4 Å². The van der Waals surface area contributed by atoms with Crippen molar-refractivity contribution in [2.24, 2.45) is 15.7 Å². The summed E-state index contributed by atoms with van der Waals surface area (Å²) >= 11 is 0. The molecule has 0 saturated carbocycles. The normalized spacial score (nSPS) is 16.4. The van der Waals surface area contributed by atoms with Gasteiger partial charge in [0.25, 0.3) is 5.91 Å². The summed E-state index contributed by atoms with van der Waals surface area (Å²) in [4.78, 5) is 32.0. The first-order valence-electron chi connectivity index (χ1n) is 8.20. The summed E-state index contributed by atoms with van der Waals surface area (Å²) in [5.74, 6) is -3.25. The second-order valence-electron chi connectivity index (χ2n) is 5.83. The topological polar surface area (TPSA) is 121 Å². The maximum atomic E-state index is 13.2. The molecule has 28 heavy (non-hydrogen) atoms. The van der Waals surface area contributed by atoms with Gasteiger partial charge < -0.3 is 16.4 Å². The maximum Gasteiger partial charge on any atom is 0.252 e. The lowest BCUT2D eigenvalue weighted by atomic mass is 10.2. The summed E-state index contributed by atoms with van der Waals surface area (Å²) in [6, 6.07) is 11.0. The number of carbonyl (C=O) groups is 2. The average Bonchev–Trinajstić information content (AvgIpc) is 2.97. The predicted octanol–water partition coefficient (Wildman–Crippen LogP) is 1.57. The highest BCUT2D eigenvalue weighted by molar-refractivity contribution is 6.11. The zero-order valence-electron chi connectivity index (χ0n) is 14.4. The molecule has 2 amide bonds. The van der Waals surface area contributed by atoms with Gasteiger partial charge in [-0.15, -0.1) is 0 Å². The molecular formula is C18H16F2N6O2. The van der Waals surface area contributed by atoms with Gasteiger partial charge in [-0.2, -0.15) is 4.99 Å². The van der Waals surface area contributed by atoms with Gasteiger partial charge in [-0.3, -0.25) is 14.9 Å². The van der Waals surface area contributed by atoms with Crippen LogP contribution in [0.2, 0.25) is 0 Å². The number of amides is 2. The summed E-state index contributed by atoms with van der Waals surface area (Å²) < 4.78 is 26.1. The fourth-order valence-corrected chi connectivity index (χ4v) is 2.40. The molecule has 0 aliphatic carbocycles. The summed E-state index contributed by atoms with van der Waals surface area (Å²) in [6.07, 6.45) is -0.296. The van der Waals surface area contributed by atoms with E-state index in [1.54, 1.807) is 12.1 Å². The highest BCUT2D eigenvalue weighted by atomic mass is 19.2. The van der Waals surface area contributed by atoms with Gasteiger partial charge in [-0.25, -0.2) is 13.8 Å². The van der Waals surface area contributed by atoms with Gasteiger partial charge in [-0.05, 0) is 24.3 Å². The number of halogens is 2. The van der Waals surface area contributed by atoms with E-state index in [9.17, 15) is 18.4 Å². The molecule has 144 valence electrons. The van der Waals surface area contributed by atoms with Gasteiger partial charge in [0.1, 0.15) is 6.04 Å². The van der Waals surface area contributed by atoms with Gasteiger partial charge in [0.2, 0.25) is 17.8 Å². The number of hydrogen-bond acceptors (Lipinski definition) is 4. The lowest BCUT2D eigenvalue weighted by Crippen LogP contribution is -2.32. The fourth-order valence-electron chi connectivity index (χ4n) is 2.40. The molecule has 0 fully saturated rings. The van der Waals surface area contributed by atoms with Crippen LogP contribution < -0.4 is 21.7 Å². The van der Waals surface area contributed by atoms with Crippen molar-refractivity contribution in [1.29, 1.82) is 0 Å². The first-order chi connectivity index (χ1) is 13.4. The minimum atomic E-state index is -1.09. The van der Waals surface area contributed by atoms with Crippen LogP contribution >= 0.6 is 0 Å². The molecule has 1 aliphatic heterocycles. The zero-order valence-corrected chi connectivity index (χ0v) is 14.4. The van der Waals surface area contributed by atoms with Crippen molar-refractivity contribution in [3.05, 3.63) is 60.2 Å². The third kappa shape index (κ3) is 4.87. The van der Waals surface area contributed by atoms with Crippen LogP contribution in [0.4, 0.5) is 20.2 Å². The Balaban J connectivity index is 1.60. The Bertz CT molecular complexity index is 962. The maximum absolute atomic E-state index is 13.2. The number of benzene rings is 2. The van der Waals surface area contributed by atoms with Crippen molar-refractivity contribution < 1.29 is 18.4 Å². The Morgan fingerprint density at radius 1 is 1.11 bits per heavy atom. The molecule has 8 nitrogen and oxygen atoms in total. The van der Waals surface area contributed by atoms with E-state index in [2.05, 4.69) is 25.9 Å². The van der Waals surface area contributed by atoms with E-state index in [0.717, 1.165) is 12.1 Å². The number of guanidine groups is 2. The molecule has 0 saturated heterocycles. The number of carbonyl (C=O) groups excluding carboxylic acids is 2. The van der Waals surface area contributed by atoms with Crippen molar-refractivity contribution in [3.63, 3.8) is 0 Å². The number of anilines is 2. The number of rotatable bonds is 4. The van der Waals surface area contributed by atoms with E-state index >= 15 is 0 Å². The number of hydrogen-bond donors (Lipinski definition) is 4. The molecule has 0 radical (unpaired) electrons. The summed E-state index contributed by atoms with van der Waals surface area (Å²) in [6.45, 7) is 0. The molecule has 0 unspecified atom stereocenters. The second-order valence-corrected chi connectivity index (χ2v) is 5.83. The molecule has 2 aromatic rings. The van der Waals surface area contributed by atoms with Crippen LogP contribution in [0.3, 0.4) is 0 Å². The minimum Gasteiger partial charge on any atom is -0.369 e. The third-order valence-electron chi connectivity index (χ3n) is 3.67. The van der Waals surface area contributed by atoms with Gasteiger partial charge in [-0.1, -0.05) is 18.2 Å². The monoisotopic (exact) mass is 386 g/mol. The average molecular weight is 386 g/mol. The standard InChI is InChI=1S/C18H16F2N6O2/c19-12-7-6-11(8-13(12)20)22-15(27)9-14-16(28)25-18(24-14)26-17(21)23-10-4-2-1-3-5-10/h1-8,14H,9H2,(H,22,27)(H4,21,23,24,25,26,28)/t14-/m1/s1.